The van der Waals surface area contributed by atoms with Crippen LogP contribution in [0.25, 0.3) is 11.1 Å². The number of nitrogen functional groups attached to an aromatic ring is 1. The summed E-state index contributed by atoms with van der Waals surface area (Å²) in [5.74, 6) is -1.06. The Kier molecular flexibility index (Phi) is 6.65. The first-order chi connectivity index (χ1) is 13.6. The summed E-state index contributed by atoms with van der Waals surface area (Å²) in [5, 5.41) is 14.3. The van der Waals surface area contributed by atoms with Gasteiger partial charge < -0.3 is 20.9 Å². The van der Waals surface area contributed by atoms with E-state index in [-0.39, 0.29) is 5.95 Å². The average molecular weight is 409 g/mol. The molecule has 4 N–H and O–H groups in total. The van der Waals surface area contributed by atoms with Crippen LogP contribution in [-0.4, -0.2) is 39.1 Å². The van der Waals surface area contributed by atoms with Crippen LogP contribution in [0.4, 0.5) is 30.8 Å². The fraction of sp³-hybridized carbons (Fsp3) is 0.167. The smallest absolute Gasteiger partial charge is 0.490 e. The lowest BCUT2D eigenvalue weighted by molar-refractivity contribution is -0.192. The van der Waals surface area contributed by atoms with Crippen molar-refractivity contribution in [2.24, 2.45) is 7.05 Å². The maximum atomic E-state index is 10.6. The number of anilines is 3. The van der Waals surface area contributed by atoms with Gasteiger partial charge in [-0.1, -0.05) is 30.3 Å². The molecule has 0 aliphatic rings. The van der Waals surface area contributed by atoms with Gasteiger partial charge in [-0.05, 0) is 23.8 Å². The summed E-state index contributed by atoms with van der Waals surface area (Å²) in [6.07, 6.45) is -5.08. The summed E-state index contributed by atoms with van der Waals surface area (Å²) in [4.78, 5) is 13.0. The Morgan fingerprint density at radius 2 is 1.76 bits per heavy atom. The summed E-state index contributed by atoms with van der Waals surface area (Å²) in [6, 6.07) is 15.9. The van der Waals surface area contributed by atoms with Gasteiger partial charge in [-0.25, -0.2) is 9.48 Å². The second kappa shape index (κ2) is 8.95. The number of ether oxygens (including phenoxy) is 1. The molecule has 3 rings (SSSR count). The van der Waals surface area contributed by atoms with Crippen molar-refractivity contribution in [1.82, 2.24) is 14.8 Å². The van der Waals surface area contributed by atoms with Crippen molar-refractivity contribution < 1.29 is 27.8 Å². The summed E-state index contributed by atoms with van der Waals surface area (Å²) in [6.45, 7) is 0. The molecule has 11 heteroatoms. The Hall–Kier alpha value is -3.76. The molecular weight excluding hydrogens is 391 g/mol. The van der Waals surface area contributed by atoms with Gasteiger partial charge in [0.25, 0.3) is 0 Å². The molecule has 0 bridgehead atoms. The number of nitrogens with zero attached hydrogens (tertiary/aromatic N) is 3. The Morgan fingerprint density at radius 1 is 1.17 bits per heavy atom. The van der Waals surface area contributed by atoms with Gasteiger partial charge in [0.1, 0.15) is 5.75 Å². The molecule has 0 radical (unpaired) electrons. The van der Waals surface area contributed by atoms with Gasteiger partial charge in [0, 0.05) is 18.3 Å². The van der Waals surface area contributed by atoms with Crippen LogP contribution < -0.4 is 15.8 Å². The van der Waals surface area contributed by atoms with E-state index in [1.54, 1.807) is 18.8 Å². The minimum Gasteiger partial charge on any atom is -0.496 e. The predicted molar refractivity (Wildman–Crippen MR) is 101 cm³/mol. The standard InChI is InChI=1S/C16H17N5O.C2HF3O2/c1-21-16(19-15(17)20-21)18-12-9-7-11(8-10-12)13-5-3-4-6-14(13)22-2;3-2(4,5)1(6)7/h3-10H,1-2H3,(H3,17,18,19,20);(H,6,7). The number of alkyl halides is 3. The lowest BCUT2D eigenvalue weighted by Crippen LogP contribution is -2.21. The first-order valence-electron chi connectivity index (χ1n) is 8.09. The van der Waals surface area contributed by atoms with Crippen LogP contribution in [-0.2, 0) is 11.8 Å². The third kappa shape index (κ3) is 5.86. The molecule has 0 saturated heterocycles. The van der Waals surface area contributed by atoms with E-state index in [2.05, 4.69) is 15.4 Å². The van der Waals surface area contributed by atoms with Crippen molar-refractivity contribution in [2.75, 3.05) is 18.2 Å². The van der Waals surface area contributed by atoms with E-state index in [0.717, 1.165) is 22.6 Å². The lowest BCUT2D eigenvalue weighted by atomic mass is 10.0. The van der Waals surface area contributed by atoms with E-state index >= 15 is 0 Å². The number of carboxylic acid groups (broad SMARTS) is 1. The molecule has 0 aliphatic heterocycles. The molecule has 2 aromatic carbocycles. The molecule has 154 valence electrons. The number of halogens is 3. The summed E-state index contributed by atoms with van der Waals surface area (Å²) in [7, 11) is 3.46. The number of para-hydroxylation sites is 1. The number of rotatable bonds is 4. The topological polar surface area (TPSA) is 115 Å². The zero-order chi connectivity index (χ0) is 21.6. The maximum absolute atomic E-state index is 10.6. The Balaban J connectivity index is 0.000000370. The Labute approximate surface area is 163 Å². The Morgan fingerprint density at radius 3 is 2.24 bits per heavy atom. The second-order valence-corrected chi connectivity index (χ2v) is 5.62. The second-order valence-electron chi connectivity index (χ2n) is 5.62. The number of nitrogens with two attached hydrogens (primary N) is 1. The average Bonchev–Trinajstić information content (AvgIpc) is 2.99. The molecule has 0 spiro atoms. The number of carboxylic acids is 1. The zero-order valence-corrected chi connectivity index (χ0v) is 15.4. The number of nitrogens with one attached hydrogen (secondary N) is 1. The Bertz CT molecular complexity index is 972. The normalized spacial score (nSPS) is 10.7. The van der Waals surface area contributed by atoms with Crippen molar-refractivity contribution in [2.45, 2.75) is 6.18 Å². The molecular formula is C18H18F3N5O3. The number of hydrogen-bond acceptors (Lipinski definition) is 6. The molecule has 0 amide bonds. The highest BCUT2D eigenvalue weighted by Crippen LogP contribution is 2.30. The largest absolute Gasteiger partial charge is 0.496 e. The van der Waals surface area contributed by atoms with Crippen LogP contribution in [0.15, 0.2) is 48.5 Å². The quantitative estimate of drug-likeness (QED) is 0.604. The van der Waals surface area contributed by atoms with Crippen LogP contribution in [0.1, 0.15) is 0 Å². The fourth-order valence-corrected chi connectivity index (χ4v) is 2.26. The number of carbonyl (C=O) groups is 1. The van der Waals surface area contributed by atoms with E-state index in [1.807, 2.05) is 48.5 Å². The fourth-order valence-electron chi connectivity index (χ4n) is 2.26. The predicted octanol–water partition coefficient (Wildman–Crippen LogP) is 3.45. The molecule has 8 nitrogen and oxygen atoms in total. The number of aromatic nitrogens is 3. The first kappa shape index (κ1) is 21.5. The number of methoxy groups -OCH3 is 1. The van der Waals surface area contributed by atoms with E-state index in [0.29, 0.717) is 5.95 Å². The van der Waals surface area contributed by atoms with Crippen molar-refractivity contribution in [3.63, 3.8) is 0 Å². The first-order valence-corrected chi connectivity index (χ1v) is 8.09. The van der Waals surface area contributed by atoms with Crippen LogP contribution in [0.5, 0.6) is 5.75 Å². The highest BCUT2D eigenvalue weighted by Gasteiger charge is 2.38. The summed E-state index contributed by atoms with van der Waals surface area (Å²) >= 11 is 0. The molecule has 0 fully saturated rings. The van der Waals surface area contributed by atoms with Crippen molar-refractivity contribution >= 4 is 23.6 Å². The summed E-state index contributed by atoms with van der Waals surface area (Å²) in [5.41, 5.74) is 8.62. The van der Waals surface area contributed by atoms with Crippen molar-refractivity contribution in [3.8, 4) is 16.9 Å². The molecule has 0 saturated carbocycles. The number of aryl methyl sites for hydroxylation is 1. The highest BCUT2D eigenvalue weighted by atomic mass is 19.4. The van der Waals surface area contributed by atoms with Gasteiger partial charge >= 0.3 is 12.1 Å². The highest BCUT2D eigenvalue weighted by molar-refractivity contribution is 5.73. The third-order valence-corrected chi connectivity index (χ3v) is 3.58. The van der Waals surface area contributed by atoms with Crippen LogP contribution in [0.3, 0.4) is 0 Å². The molecule has 3 aromatic rings. The van der Waals surface area contributed by atoms with Gasteiger partial charge in [-0.2, -0.15) is 18.2 Å². The lowest BCUT2D eigenvalue weighted by Gasteiger charge is -2.09. The summed E-state index contributed by atoms with van der Waals surface area (Å²) < 4.78 is 38.7. The minimum absolute atomic E-state index is 0.246. The van der Waals surface area contributed by atoms with Gasteiger partial charge in [0.05, 0.1) is 7.11 Å². The van der Waals surface area contributed by atoms with Crippen LogP contribution >= 0.6 is 0 Å². The van der Waals surface area contributed by atoms with E-state index in [4.69, 9.17) is 20.4 Å². The molecule has 1 aromatic heterocycles. The third-order valence-electron chi connectivity index (χ3n) is 3.58. The van der Waals surface area contributed by atoms with Crippen LogP contribution in [0.2, 0.25) is 0 Å². The van der Waals surface area contributed by atoms with Crippen LogP contribution in [0, 0.1) is 0 Å². The van der Waals surface area contributed by atoms with Gasteiger partial charge in [-0.15, -0.1) is 5.10 Å². The SMILES string of the molecule is COc1ccccc1-c1ccc(Nc2nc(N)nn2C)cc1.O=C(O)C(F)(F)F. The van der Waals surface area contributed by atoms with E-state index < -0.39 is 12.1 Å². The van der Waals surface area contributed by atoms with Crippen molar-refractivity contribution in [1.29, 1.82) is 0 Å². The zero-order valence-electron chi connectivity index (χ0n) is 15.4. The number of benzene rings is 2. The molecule has 0 aliphatic carbocycles. The minimum atomic E-state index is -5.08. The maximum Gasteiger partial charge on any atom is 0.490 e. The van der Waals surface area contributed by atoms with Gasteiger partial charge in [0.15, 0.2) is 0 Å². The molecule has 29 heavy (non-hydrogen) atoms. The molecule has 1 heterocycles. The molecule has 0 atom stereocenters. The van der Waals surface area contributed by atoms with Gasteiger partial charge in [0.2, 0.25) is 11.9 Å². The monoisotopic (exact) mass is 409 g/mol. The van der Waals surface area contributed by atoms with Crippen molar-refractivity contribution in [3.05, 3.63) is 48.5 Å². The van der Waals surface area contributed by atoms with Gasteiger partial charge in [-0.3, -0.25) is 0 Å². The van der Waals surface area contributed by atoms with E-state index in [9.17, 15) is 13.2 Å². The number of hydrogen-bond donors (Lipinski definition) is 3. The molecule has 0 unspecified atom stereocenters. The van der Waals surface area contributed by atoms with E-state index in [1.165, 1.54) is 0 Å². The number of aliphatic carboxylic acids is 1.